The van der Waals surface area contributed by atoms with Crippen molar-refractivity contribution in [2.24, 2.45) is 11.7 Å². The zero-order valence-electron chi connectivity index (χ0n) is 9.28. The van der Waals surface area contributed by atoms with Gasteiger partial charge in [-0.05, 0) is 44.4 Å². The molecule has 1 fully saturated rings. The molecule has 15 heavy (non-hydrogen) atoms. The first-order chi connectivity index (χ1) is 7.31. The fourth-order valence-corrected chi connectivity index (χ4v) is 2.48. The third-order valence-electron chi connectivity index (χ3n) is 3.40. The van der Waals surface area contributed by atoms with E-state index in [-0.39, 0.29) is 6.04 Å². The zero-order chi connectivity index (χ0) is 10.7. The first-order valence-electron chi connectivity index (χ1n) is 5.80. The lowest BCUT2D eigenvalue weighted by Gasteiger charge is -2.23. The van der Waals surface area contributed by atoms with Crippen LogP contribution in [0.5, 0.6) is 0 Å². The van der Waals surface area contributed by atoms with Gasteiger partial charge in [-0.25, -0.2) is 0 Å². The van der Waals surface area contributed by atoms with Crippen molar-refractivity contribution in [1.82, 2.24) is 5.32 Å². The van der Waals surface area contributed by atoms with E-state index in [2.05, 4.69) is 12.2 Å². The Hall–Kier alpha value is -0.800. The van der Waals surface area contributed by atoms with Gasteiger partial charge in [-0.1, -0.05) is 6.42 Å². The van der Waals surface area contributed by atoms with Crippen molar-refractivity contribution < 1.29 is 4.42 Å². The van der Waals surface area contributed by atoms with Crippen molar-refractivity contribution in [2.75, 3.05) is 6.54 Å². The minimum absolute atomic E-state index is 0.289. The van der Waals surface area contributed by atoms with Gasteiger partial charge in [0.15, 0.2) is 0 Å². The predicted octanol–water partition coefficient (Wildman–Crippen LogP) is 2.06. The lowest BCUT2D eigenvalue weighted by Crippen LogP contribution is -2.37. The van der Waals surface area contributed by atoms with Gasteiger partial charge in [0.25, 0.3) is 0 Å². The van der Waals surface area contributed by atoms with Crippen LogP contribution in [-0.2, 0) is 0 Å². The van der Waals surface area contributed by atoms with Crippen LogP contribution in [-0.4, -0.2) is 12.6 Å². The molecule has 0 spiro atoms. The van der Waals surface area contributed by atoms with E-state index < -0.39 is 0 Å². The average Bonchev–Trinajstić information content (AvgIpc) is 2.87. The number of hydrogen-bond acceptors (Lipinski definition) is 3. The van der Waals surface area contributed by atoms with E-state index >= 15 is 0 Å². The Labute approximate surface area is 91.0 Å². The summed E-state index contributed by atoms with van der Waals surface area (Å²) in [6, 6.07) is 4.80. The molecular formula is C12H20N2O. The van der Waals surface area contributed by atoms with Gasteiger partial charge in [0.05, 0.1) is 12.3 Å². The number of furan rings is 1. The van der Waals surface area contributed by atoms with Crippen LogP contribution in [0, 0.1) is 5.92 Å². The van der Waals surface area contributed by atoms with Crippen LogP contribution < -0.4 is 11.1 Å². The molecule has 0 amide bonds. The second kappa shape index (κ2) is 4.81. The second-order valence-corrected chi connectivity index (χ2v) is 4.44. The molecule has 0 aromatic carbocycles. The molecule has 0 radical (unpaired) electrons. The Morgan fingerprint density at radius 2 is 2.47 bits per heavy atom. The van der Waals surface area contributed by atoms with Crippen molar-refractivity contribution in [3.63, 3.8) is 0 Å². The Balaban J connectivity index is 1.91. The molecule has 0 bridgehead atoms. The van der Waals surface area contributed by atoms with Crippen LogP contribution >= 0.6 is 0 Å². The smallest absolute Gasteiger partial charge is 0.120 e. The van der Waals surface area contributed by atoms with Gasteiger partial charge in [-0.3, -0.25) is 0 Å². The molecule has 2 rings (SSSR count). The summed E-state index contributed by atoms with van der Waals surface area (Å²) in [5.74, 6) is 1.65. The molecule has 84 valence electrons. The van der Waals surface area contributed by atoms with Crippen molar-refractivity contribution >= 4 is 0 Å². The van der Waals surface area contributed by atoms with E-state index in [9.17, 15) is 0 Å². The van der Waals surface area contributed by atoms with E-state index in [0.717, 1.165) is 12.3 Å². The van der Waals surface area contributed by atoms with Gasteiger partial charge in [0.1, 0.15) is 5.76 Å². The summed E-state index contributed by atoms with van der Waals surface area (Å²) in [5, 5.41) is 3.61. The maximum atomic E-state index is 5.76. The Morgan fingerprint density at radius 1 is 1.60 bits per heavy atom. The molecular weight excluding hydrogens is 188 g/mol. The maximum Gasteiger partial charge on any atom is 0.120 e. The van der Waals surface area contributed by atoms with Crippen LogP contribution in [0.25, 0.3) is 0 Å². The van der Waals surface area contributed by atoms with Gasteiger partial charge in [-0.2, -0.15) is 0 Å². The van der Waals surface area contributed by atoms with Crippen LogP contribution in [0.1, 0.15) is 38.0 Å². The van der Waals surface area contributed by atoms with Crippen molar-refractivity contribution in [3.8, 4) is 0 Å². The summed E-state index contributed by atoms with van der Waals surface area (Å²) in [6.07, 6.45) is 5.53. The van der Waals surface area contributed by atoms with Gasteiger partial charge in [0.2, 0.25) is 0 Å². The monoisotopic (exact) mass is 208 g/mol. The first kappa shape index (κ1) is 10.7. The van der Waals surface area contributed by atoms with Crippen LogP contribution in [0.15, 0.2) is 22.8 Å². The van der Waals surface area contributed by atoms with Gasteiger partial charge < -0.3 is 15.5 Å². The lowest BCUT2D eigenvalue weighted by atomic mass is 10.0. The first-order valence-corrected chi connectivity index (χ1v) is 5.80. The van der Waals surface area contributed by atoms with Crippen molar-refractivity contribution in [1.29, 1.82) is 0 Å². The Morgan fingerprint density at radius 3 is 3.13 bits per heavy atom. The van der Waals surface area contributed by atoms with E-state index in [4.69, 9.17) is 10.2 Å². The molecule has 0 saturated heterocycles. The average molecular weight is 208 g/mol. The third-order valence-corrected chi connectivity index (χ3v) is 3.40. The highest BCUT2D eigenvalue weighted by atomic mass is 16.3. The van der Waals surface area contributed by atoms with Crippen LogP contribution in [0.3, 0.4) is 0 Å². The number of nitrogens with one attached hydrogen (secondary N) is 1. The molecule has 1 aliphatic rings. The predicted molar refractivity (Wildman–Crippen MR) is 60.4 cm³/mol. The lowest BCUT2D eigenvalue weighted by molar-refractivity contribution is 0.341. The molecule has 1 aromatic rings. The van der Waals surface area contributed by atoms with Crippen LogP contribution in [0.4, 0.5) is 0 Å². The summed E-state index contributed by atoms with van der Waals surface area (Å²) in [6.45, 7) is 2.94. The molecule has 0 aliphatic heterocycles. The molecule has 1 aliphatic carbocycles. The van der Waals surface area contributed by atoms with Gasteiger partial charge >= 0.3 is 0 Å². The molecule has 3 heteroatoms. The molecule has 1 aromatic heterocycles. The summed E-state index contributed by atoms with van der Waals surface area (Å²) in [7, 11) is 0. The summed E-state index contributed by atoms with van der Waals surface area (Å²) >= 11 is 0. The summed E-state index contributed by atoms with van der Waals surface area (Å²) < 4.78 is 5.38. The second-order valence-electron chi connectivity index (χ2n) is 4.44. The topological polar surface area (TPSA) is 51.2 Å². The SMILES string of the molecule is C[C@@H](NC1CCCC1CN)c1ccco1. The standard InChI is InChI=1S/C12H20N2O/c1-9(12-6-3-7-15-12)14-11-5-2-4-10(11)8-13/h3,6-7,9-11,14H,2,4-5,8,13H2,1H3/t9-,10?,11?/m1/s1. The summed E-state index contributed by atoms with van der Waals surface area (Å²) in [4.78, 5) is 0. The number of rotatable bonds is 4. The molecule has 2 unspecified atom stereocenters. The van der Waals surface area contributed by atoms with Crippen molar-refractivity contribution in [3.05, 3.63) is 24.2 Å². The third kappa shape index (κ3) is 2.41. The quantitative estimate of drug-likeness (QED) is 0.796. The summed E-state index contributed by atoms with van der Waals surface area (Å²) in [5.41, 5.74) is 5.76. The highest BCUT2D eigenvalue weighted by Crippen LogP contribution is 2.27. The Bertz CT molecular complexity index is 284. The molecule has 1 heterocycles. The fraction of sp³-hybridized carbons (Fsp3) is 0.667. The Kier molecular flexibility index (Phi) is 3.44. The van der Waals surface area contributed by atoms with Gasteiger partial charge in [-0.15, -0.1) is 0 Å². The minimum atomic E-state index is 0.289. The molecule has 3 atom stereocenters. The fourth-order valence-electron chi connectivity index (χ4n) is 2.48. The largest absolute Gasteiger partial charge is 0.468 e. The minimum Gasteiger partial charge on any atom is -0.468 e. The molecule has 1 saturated carbocycles. The number of hydrogen-bond donors (Lipinski definition) is 2. The highest BCUT2D eigenvalue weighted by molar-refractivity contribution is 5.04. The van der Waals surface area contributed by atoms with Crippen LogP contribution in [0.2, 0.25) is 0 Å². The maximum absolute atomic E-state index is 5.76. The normalized spacial score (nSPS) is 28.1. The van der Waals surface area contributed by atoms with Gasteiger partial charge in [0, 0.05) is 6.04 Å². The number of nitrogens with two attached hydrogens (primary N) is 1. The van der Waals surface area contributed by atoms with E-state index in [1.165, 1.54) is 19.3 Å². The molecule has 3 N–H and O–H groups in total. The van der Waals surface area contributed by atoms with E-state index in [0.29, 0.717) is 12.0 Å². The van der Waals surface area contributed by atoms with E-state index in [1.54, 1.807) is 6.26 Å². The molecule has 3 nitrogen and oxygen atoms in total. The zero-order valence-corrected chi connectivity index (χ0v) is 9.28. The highest BCUT2D eigenvalue weighted by Gasteiger charge is 2.27. The van der Waals surface area contributed by atoms with Crippen molar-refractivity contribution in [2.45, 2.75) is 38.3 Å². The van der Waals surface area contributed by atoms with E-state index in [1.807, 2.05) is 12.1 Å².